The van der Waals surface area contributed by atoms with E-state index in [2.05, 4.69) is 10.6 Å². The summed E-state index contributed by atoms with van der Waals surface area (Å²) >= 11 is 0. The van der Waals surface area contributed by atoms with Gasteiger partial charge in [-0.25, -0.2) is 4.79 Å². The third kappa shape index (κ3) is 2.59. The molecule has 1 fully saturated rings. The van der Waals surface area contributed by atoms with E-state index in [0.29, 0.717) is 0 Å². The quantitative estimate of drug-likeness (QED) is 0.547. The van der Waals surface area contributed by atoms with Crippen molar-refractivity contribution in [2.24, 2.45) is 0 Å². The molecule has 2 heterocycles. The molecule has 0 aliphatic carbocycles. The smallest absolute Gasteiger partial charge is 0.358 e. The van der Waals surface area contributed by atoms with E-state index in [1.807, 2.05) is 18.2 Å². The van der Waals surface area contributed by atoms with Crippen LogP contribution < -0.4 is 10.6 Å². The molecule has 120 valence electrons. The highest BCUT2D eigenvalue weighted by molar-refractivity contribution is 6.01. The summed E-state index contributed by atoms with van der Waals surface area (Å²) in [6, 6.07) is 7.77. The molecule has 23 heavy (non-hydrogen) atoms. The molecule has 0 aromatic heterocycles. The number of hydrogen-bond donors (Lipinski definition) is 4. The zero-order valence-corrected chi connectivity index (χ0v) is 12.0. The summed E-state index contributed by atoms with van der Waals surface area (Å²) in [6.07, 6.45) is 0.137. The fourth-order valence-electron chi connectivity index (χ4n) is 2.80. The van der Waals surface area contributed by atoms with Crippen LogP contribution in [0.4, 0.5) is 0 Å². The lowest BCUT2D eigenvalue weighted by atomic mass is 9.91. The molecule has 3 rings (SSSR count). The van der Waals surface area contributed by atoms with Gasteiger partial charge in [0.15, 0.2) is 5.70 Å². The number of carbonyl (C=O) groups excluding carboxylic acids is 2. The Morgan fingerprint density at radius 2 is 2.00 bits per heavy atom. The van der Waals surface area contributed by atoms with Gasteiger partial charge in [-0.1, -0.05) is 30.3 Å². The molecule has 1 saturated heterocycles. The van der Waals surface area contributed by atoms with Crippen molar-refractivity contribution in [2.75, 3.05) is 6.54 Å². The number of carboxylic acids is 1. The first-order valence-corrected chi connectivity index (χ1v) is 7.06. The second kappa shape index (κ2) is 5.64. The molecule has 2 amide bonds. The van der Waals surface area contributed by atoms with Crippen molar-refractivity contribution in [2.45, 2.75) is 18.5 Å². The minimum Gasteiger partial charge on any atom is -0.493 e. The van der Waals surface area contributed by atoms with Gasteiger partial charge in [-0.3, -0.25) is 14.5 Å². The predicted octanol–water partition coefficient (Wildman–Crippen LogP) is -0.660. The van der Waals surface area contributed by atoms with Crippen LogP contribution in [0, 0.1) is 0 Å². The Morgan fingerprint density at radius 3 is 2.65 bits per heavy atom. The minimum atomic E-state index is -1.40. The largest absolute Gasteiger partial charge is 0.493 e. The summed E-state index contributed by atoms with van der Waals surface area (Å²) in [5.41, 5.74) is 0.332. The van der Waals surface area contributed by atoms with Crippen LogP contribution in [-0.2, 0) is 20.8 Å². The molecular formula is C15H15N3O5. The number of nitrogens with one attached hydrogen (secondary N) is 2. The molecule has 1 aromatic rings. The van der Waals surface area contributed by atoms with Gasteiger partial charge >= 0.3 is 5.97 Å². The van der Waals surface area contributed by atoms with Crippen LogP contribution in [0.3, 0.4) is 0 Å². The van der Waals surface area contributed by atoms with Crippen LogP contribution in [0.5, 0.6) is 0 Å². The summed E-state index contributed by atoms with van der Waals surface area (Å²) in [5.74, 6) is -2.80. The van der Waals surface area contributed by atoms with Gasteiger partial charge in [0.05, 0.1) is 12.5 Å². The van der Waals surface area contributed by atoms with Crippen molar-refractivity contribution in [1.29, 1.82) is 0 Å². The third-order valence-corrected chi connectivity index (χ3v) is 3.89. The molecule has 2 aliphatic heterocycles. The highest BCUT2D eigenvalue weighted by Crippen LogP contribution is 2.29. The Morgan fingerprint density at radius 1 is 1.30 bits per heavy atom. The zero-order valence-electron chi connectivity index (χ0n) is 12.0. The lowest BCUT2D eigenvalue weighted by Crippen LogP contribution is -2.75. The number of β-lactam (4-membered cyclic amide) rings is 1. The van der Waals surface area contributed by atoms with Crippen molar-refractivity contribution in [3.05, 3.63) is 47.5 Å². The van der Waals surface area contributed by atoms with Crippen LogP contribution in [0.25, 0.3) is 0 Å². The average Bonchev–Trinajstić information content (AvgIpc) is 2.53. The second-order valence-electron chi connectivity index (χ2n) is 5.37. The van der Waals surface area contributed by atoms with Crippen molar-refractivity contribution >= 4 is 17.8 Å². The Kier molecular flexibility index (Phi) is 3.65. The van der Waals surface area contributed by atoms with Gasteiger partial charge in [-0.2, -0.15) is 0 Å². The van der Waals surface area contributed by atoms with E-state index < -0.39 is 35.5 Å². The summed E-state index contributed by atoms with van der Waals surface area (Å²) in [4.78, 5) is 36.3. The number of aliphatic hydroxyl groups excluding tert-OH is 1. The number of benzene rings is 1. The van der Waals surface area contributed by atoms with Crippen molar-refractivity contribution in [3.63, 3.8) is 0 Å². The second-order valence-corrected chi connectivity index (χ2v) is 5.37. The zero-order chi connectivity index (χ0) is 16.6. The van der Waals surface area contributed by atoms with Crippen molar-refractivity contribution in [3.8, 4) is 0 Å². The van der Waals surface area contributed by atoms with E-state index in [1.165, 1.54) is 0 Å². The van der Waals surface area contributed by atoms with E-state index >= 15 is 0 Å². The Balaban J connectivity index is 1.67. The predicted molar refractivity (Wildman–Crippen MR) is 78.0 cm³/mol. The molecule has 2 unspecified atom stereocenters. The Labute approximate surface area is 131 Å². The van der Waals surface area contributed by atoms with Crippen molar-refractivity contribution < 1.29 is 24.6 Å². The number of carbonyl (C=O) groups is 3. The highest BCUT2D eigenvalue weighted by Gasteiger charge is 2.54. The van der Waals surface area contributed by atoms with Gasteiger partial charge in [0, 0.05) is 6.54 Å². The number of amides is 2. The average molecular weight is 317 g/mol. The standard InChI is InChI=1S/C15H15N3O5/c19-10(6-8-4-2-1-3-5-8)17-11-9-7-16-13(20)12(15(22)23)18(9)14(11)21/h1-5,9,11,16,20H,6-7H2,(H,17,19)(H,22,23). The van der Waals surface area contributed by atoms with Gasteiger partial charge in [0.25, 0.3) is 5.91 Å². The summed E-state index contributed by atoms with van der Waals surface area (Å²) in [6.45, 7) is 0.171. The maximum atomic E-state index is 12.1. The van der Waals surface area contributed by atoms with Gasteiger partial charge in [0.1, 0.15) is 6.04 Å². The third-order valence-electron chi connectivity index (χ3n) is 3.89. The number of carboxylic acid groups (broad SMARTS) is 1. The monoisotopic (exact) mass is 317 g/mol. The van der Waals surface area contributed by atoms with Gasteiger partial charge in [0.2, 0.25) is 11.8 Å². The lowest BCUT2D eigenvalue weighted by molar-refractivity contribution is -0.156. The van der Waals surface area contributed by atoms with Gasteiger partial charge in [-0.05, 0) is 5.56 Å². The van der Waals surface area contributed by atoms with Crippen LogP contribution in [-0.4, -0.2) is 51.5 Å². The molecule has 0 saturated carbocycles. The number of fused-ring (bicyclic) bond motifs is 1. The van der Waals surface area contributed by atoms with Crippen molar-refractivity contribution in [1.82, 2.24) is 15.5 Å². The van der Waals surface area contributed by atoms with Crippen LogP contribution >= 0.6 is 0 Å². The Bertz CT molecular complexity index is 700. The molecule has 1 aromatic carbocycles. The molecule has 0 spiro atoms. The fourth-order valence-corrected chi connectivity index (χ4v) is 2.80. The van der Waals surface area contributed by atoms with Gasteiger partial charge in [-0.15, -0.1) is 0 Å². The summed E-state index contributed by atoms with van der Waals surface area (Å²) < 4.78 is 0. The van der Waals surface area contributed by atoms with E-state index in [4.69, 9.17) is 5.11 Å². The molecule has 2 aliphatic rings. The van der Waals surface area contributed by atoms with Crippen LogP contribution in [0.1, 0.15) is 5.56 Å². The van der Waals surface area contributed by atoms with E-state index in [1.54, 1.807) is 12.1 Å². The first kappa shape index (κ1) is 14.9. The Hall–Kier alpha value is -3.03. The summed E-state index contributed by atoms with van der Waals surface area (Å²) in [5, 5.41) is 23.8. The molecule has 0 radical (unpaired) electrons. The van der Waals surface area contributed by atoms with E-state index in [0.717, 1.165) is 10.5 Å². The van der Waals surface area contributed by atoms with E-state index in [-0.39, 0.29) is 18.9 Å². The topological polar surface area (TPSA) is 119 Å². The maximum absolute atomic E-state index is 12.1. The number of rotatable bonds is 4. The SMILES string of the molecule is O=C(Cc1ccccc1)NC1C(=O)N2C(C(=O)O)=C(O)NCC12. The molecule has 8 nitrogen and oxygen atoms in total. The molecule has 8 heteroatoms. The number of aliphatic carboxylic acids is 1. The maximum Gasteiger partial charge on any atom is 0.358 e. The first-order chi connectivity index (χ1) is 11.0. The van der Waals surface area contributed by atoms with Crippen LogP contribution in [0.15, 0.2) is 41.9 Å². The first-order valence-electron chi connectivity index (χ1n) is 7.06. The van der Waals surface area contributed by atoms with E-state index in [9.17, 15) is 19.5 Å². The molecule has 4 N–H and O–H groups in total. The molecular weight excluding hydrogens is 302 g/mol. The molecule has 0 bridgehead atoms. The molecule has 2 atom stereocenters. The minimum absolute atomic E-state index is 0.137. The summed E-state index contributed by atoms with van der Waals surface area (Å²) in [7, 11) is 0. The van der Waals surface area contributed by atoms with Crippen LogP contribution in [0.2, 0.25) is 0 Å². The normalized spacial score (nSPS) is 22.8. The number of nitrogens with zero attached hydrogens (tertiary/aromatic N) is 1. The van der Waals surface area contributed by atoms with Gasteiger partial charge < -0.3 is 20.8 Å². The highest BCUT2D eigenvalue weighted by atomic mass is 16.4. The number of aliphatic hydroxyl groups is 1. The number of hydrogen-bond acceptors (Lipinski definition) is 5. The fraction of sp³-hybridized carbons (Fsp3) is 0.267. The lowest BCUT2D eigenvalue weighted by Gasteiger charge is -2.49.